The fourth-order valence-corrected chi connectivity index (χ4v) is 1.94. The van der Waals surface area contributed by atoms with Crippen LogP contribution in [0.2, 0.25) is 0 Å². The van der Waals surface area contributed by atoms with Gasteiger partial charge in [0.15, 0.2) is 0 Å². The van der Waals surface area contributed by atoms with Gasteiger partial charge in [-0.15, -0.1) is 0 Å². The lowest BCUT2D eigenvalue weighted by Crippen LogP contribution is -2.37. The molecule has 0 unspecified atom stereocenters. The molecule has 0 amide bonds. The molecular formula is C11H17N3O3. The first-order chi connectivity index (χ1) is 8.15. The summed E-state index contributed by atoms with van der Waals surface area (Å²) in [6.07, 6.45) is 1.86. The van der Waals surface area contributed by atoms with E-state index in [1.807, 2.05) is 0 Å². The molecule has 1 saturated heterocycles. The van der Waals surface area contributed by atoms with Gasteiger partial charge in [-0.05, 0) is 38.0 Å². The molecule has 1 aliphatic heterocycles. The van der Waals surface area contributed by atoms with Crippen LogP contribution in [-0.2, 0) is 10.2 Å². The van der Waals surface area contributed by atoms with Crippen molar-refractivity contribution in [1.29, 1.82) is 0 Å². The van der Waals surface area contributed by atoms with Crippen LogP contribution in [0, 0.1) is 0 Å². The number of nitrogens with one attached hydrogen (secondary N) is 1. The second-order valence-electron chi connectivity index (χ2n) is 4.45. The van der Waals surface area contributed by atoms with E-state index in [1.165, 1.54) is 0 Å². The Hall–Kier alpha value is -1.43. The first-order valence-electron chi connectivity index (χ1n) is 5.88. The van der Waals surface area contributed by atoms with Gasteiger partial charge in [0.25, 0.3) is 5.82 Å². The fraction of sp³-hybridized carbons (Fsp3) is 0.727. The molecule has 0 aromatic carbocycles. The molecule has 1 fully saturated rings. The number of piperidine rings is 1. The summed E-state index contributed by atoms with van der Waals surface area (Å²) in [7, 11) is 0. The van der Waals surface area contributed by atoms with Crippen molar-refractivity contribution in [3.05, 3.63) is 11.7 Å². The molecule has 94 valence electrons. The summed E-state index contributed by atoms with van der Waals surface area (Å²) in [5.74, 6) is 0.0173. The predicted molar refractivity (Wildman–Crippen MR) is 59.7 cm³/mol. The normalized spacial score (nSPS) is 18.9. The average molecular weight is 239 g/mol. The van der Waals surface area contributed by atoms with Crippen molar-refractivity contribution < 1.29 is 14.1 Å². The van der Waals surface area contributed by atoms with Crippen molar-refractivity contribution in [3.63, 3.8) is 0 Å². The van der Waals surface area contributed by atoms with E-state index in [-0.39, 0.29) is 11.2 Å². The Labute approximate surface area is 99.7 Å². The zero-order chi connectivity index (χ0) is 12.3. The smallest absolute Gasteiger partial charge is 0.379 e. The Kier molecular flexibility index (Phi) is 3.42. The number of hydrogen-bond acceptors (Lipinski definition) is 6. The highest BCUT2D eigenvalue weighted by molar-refractivity contribution is 5.84. The van der Waals surface area contributed by atoms with Gasteiger partial charge in [0.1, 0.15) is 0 Å². The van der Waals surface area contributed by atoms with E-state index in [0.717, 1.165) is 25.9 Å². The van der Waals surface area contributed by atoms with Crippen molar-refractivity contribution in [2.75, 3.05) is 19.7 Å². The standard InChI is InChI=1S/C11H17N3O3/c1-3-16-9(15)8-13-10(17-14-8)11(2)4-6-12-7-5-11/h12H,3-7H2,1-2H3. The molecule has 1 aliphatic rings. The van der Waals surface area contributed by atoms with Gasteiger partial charge in [0, 0.05) is 5.41 Å². The van der Waals surface area contributed by atoms with Crippen LogP contribution in [0.5, 0.6) is 0 Å². The minimum absolute atomic E-state index is 0.0154. The Balaban J connectivity index is 2.14. The number of aromatic nitrogens is 2. The molecule has 1 aromatic rings. The predicted octanol–water partition coefficient (Wildman–Crippen LogP) is 0.887. The summed E-state index contributed by atoms with van der Waals surface area (Å²) in [6, 6.07) is 0. The lowest BCUT2D eigenvalue weighted by molar-refractivity contribution is 0.0508. The van der Waals surface area contributed by atoms with Gasteiger partial charge in [0.05, 0.1) is 6.61 Å². The Bertz CT molecular complexity index is 396. The van der Waals surface area contributed by atoms with Gasteiger partial charge in [-0.2, -0.15) is 4.98 Å². The second-order valence-corrected chi connectivity index (χ2v) is 4.45. The van der Waals surface area contributed by atoms with Crippen LogP contribution in [0.15, 0.2) is 4.52 Å². The van der Waals surface area contributed by atoms with Gasteiger partial charge in [-0.25, -0.2) is 4.79 Å². The molecule has 0 radical (unpaired) electrons. The zero-order valence-corrected chi connectivity index (χ0v) is 10.2. The van der Waals surface area contributed by atoms with E-state index in [2.05, 4.69) is 22.4 Å². The molecule has 1 N–H and O–H groups in total. The maximum atomic E-state index is 11.4. The zero-order valence-electron chi connectivity index (χ0n) is 10.2. The van der Waals surface area contributed by atoms with Crippen LogP contribution in [0.3, 0.4) is 0 Å². The van der Waals surface area contributed by atoms with Gasteiger partial charge < -0.3 is 14.6 Å². The topological polar surface area (TPSA) is 77.2 Å². The highest BCUT2D eigenvalue weighted by Crippen LogP contribution is 2.31. The maximum absolute atomic E-state index is 11.4. The third kappa shape index (κ3) is 2.46. The van der Waals surface area contributed by atoms with Crippen LogP contribution in [-0.4, -0.2) is 35.8 Å². The van der Waals surface area contributed by atoms with Crippen LogP contribution >= 0.6 is 0 Å². The second kappa shape index (κ2) is 4.83. The molecule has 1 aromatic heterocycles. The summed E-state index contributed by atoms with van der Waals surface area (Å²) >= 11 is 0. The van der Waals surface area contributed by atoms with E-state index in [9.17, 15) is 4.79 Å². The molecule has 17 heavy (non-hydrogen) atoms. The number of rotatable bonds is 3. The lowest BCUT2D eigenvalue weighted by Gasteiger charge is -2.30. The van der Waals surface area contributed by atoms with Crippen molar-refractivity contribution in [3.8, 4) is 0 Å². The summed E-state index contributed by atoms with van der Waals surface area (Å²) in [6.45, 7) is 5.98. The van der Waals surface area contributed by atoms with Crippen LogP contribution in [0.1, 0.15) is 43.2 Å². The van der Waals surface area contributed by atoms with E-state index in [0.29, 0.717) is 12.5 Å². The number of nitrogens with zero attached hydrogens (tertiary/aromatic N) is 2. The Morgan fingerprint density at radius 2 is 2.24 bits per heavy atom. The molecule has 2 rings (SSSR count). The number of ether oxygens (including phenoxy) is 1. The highest BCUT2D eigenvalue weighted by Gasteiger charge is 2.35. The molecule has 6 heteroatoms. The van der Waals surface area contributed by atoms with Crippen LogP contribution in [0.4, 0.5) is 0 Å². The quantitative estimate of drug-likeness (QED) is 0.789. The first-order valence-corrected chi connectivity index (χ1v) is 5.88. The molecule has 6 nitrogen and oxygen atoms in total. The summed E-state index contributed by atoms with van der Waals surface area (Å²) in [4.78, 5) is 15.6. The summed E-state index contributed by atoms with van der Waals surface area (Å²) in [5.41, 5.74) is -0.136. The summed E-state index contributed by atoms with van der Waals surface area (Å²) < 4.78 is 10.0. The minimum Gasteiger partial charge on any atom is -0.460 e. The SMILES string of the molecule is CCOC(=O)c1noc(C2(C)CCNCC2)n1. The molecule has 0 spiro atoms. The molecule has 0 bridgehead atoms. The number of carbonyl (C=O) groups is 1. The minimum atomic E-state index is -0.528. The first kappa shape index (κ1) is 12.0. The van der Waals surface area contributed by atoms with E-state index in [4.69, 9.17) is 9.26 Å². The van der Waals surface area contributed by atoms with Crippen molar-refractivity contribution in [1.82, 2.24) is 15.5 Å². The number of carbonyl (C=O) groups excluding carboxylic acids is 1. The van der Waals surface area contributed by atoms with E-state index in [1.54, 1.807) is 6.92 Å². The van der Waals surface area contributed by atoms with Crippen molar-refractivity contribution >= 4 is 5.97 Å². The largest absolute Gasteiger partial charge is 0.460 e. The fourth-order valence-electron chi connectivity index (χ4n) is 1.94. The number of esters is 1. The van der Waals surface area contributed by atoms with Crippen molar-refractivity contribution in [2.45, 2.75) is 32.1 Å². The molecular weight excluding hydrogens is 222 g/mol. The Morgan fingerprint density at radius 3 is 2.88 bits per heavy atom. The highest BCUT2D eigenvalue weighted by atomic mass is 16.5. The third-order valence-corrected chi connectivity index (χ3v) is 3.11. The summed E-state index contributed by atoms with van der Waals surface area (Å²) in [5, 5.41) is 6.95. The van der Waals surface area contributed by atoms with Crippen LogP contribution in [0.25, 0.3) is 0 Å². The lowest BCUT2D eigenvalue weighted by atomic mass is 9.81. The van der Waals surface area contributed by atoms with Gasteiger partial charge in [0.2, 0.25) is 5.89 Å². The maximum Gasteiger partial charge on any atom is 0.379 e. The number of hydrogen-bond donors (Lipinski definition) is 1. The average Bonchev–Trinajstić information content (AvgIpc) is 2.80. The van der Waals surface area contributed by atoms with Crippen LogP contribution < -0.4 is 5.32 Å². The van der Waals surface area contributed by atoms with E-state index >= 15 is 0 Å². The van der Waals surface area contributed by atoms with Gasteiger partial charge in [-0.1, -0.05) is 6.92 Å². The monoisotopic (exact) mass is 239 g/mol. The van der Waals surface area contributed by atoms with Gasteiger partial charge in [-0.3, -0.25) is 0 Å². The van der Waals surface area contributed by atoms with Crippen molar-refractivity contribution in [2.24, 2.45) is 0 Å². The van der Waals surface area contributed by atoms with E-state index < -0.39 is 5.97 Å². The van der Waals surface area contributed by atoms with Gasteiger partial charge >= 0.3 is 5.97 Å². The molecule has 0 aliphatic carbocycles. The Morgan fingerprint density at radius 1 is 1.53 bits per heavy atom. The molecule has 2 heterocycles. The third-order valence-electron chi connectivity index (χ3n) is 3.11. The molecule has 0 saturated carbocycles. The molecule has 0 atom stereocenters.